The second-order valence-corrected chi connectivity index (χ2v) is 5.22. The van der Waals surface area contributed by atoms with Crippen molar-refractivity contribution in [2.24, 2.45) is 0 Å². The van der Waals surface area contributed by atoms with E-state index in [0.29, 0.717) is 10.8 Å². The number of benzene rings is 2. The van der Waals surface area contributed by atoms with E-state index in [1.165, 1.54) is 0 Å². The van der Waals surface area contributed by atoms with E-state index < -0.39 is 0 Å². The molecular weight excluding hydrogens is 286 g/mol. The number of hydrogen-bond donors (Lipinski definition) is 1. The Kier molecular flexibility index (Phi) is 5.48. The summed E-state index contributed by atoms with van der Waals surface area (Å²) in [6, 6.07) is 13.8. The number of nitrogens with zero attached hydrogens (tertiary/aromatic N) is 1. The highest BCUT2D eigenvalue weighted by atomic mass is 35.5. The van der Waals surface area contributed by atoms with Gasteiger partial charge in [0.25, 0.3) is 0 Å². The number of aliphatic hydroxyl groups excluding tert-OH is 1. The molecule has 0 unspecified atom stereocenters. The van der Waals surface area contributed by atoms with Gasteiger partial charge in [-0.2, -0.15) is 0 Å². The Labute approximate surface area is 130 Å². The summed E-state index contributed by atoms with van der Waals surface area (Å²) in [6.07, 6.45) is 0. The first-order chi connectivity index (χ1) is 10.2. The van der Waals surface area contributed by atoms with Gasteiger partial charge in [0.05, 0.1) is 18.7 Å². The van der Waals surface area contributed by atoms with E-state index in [4.69, 9.17) is 16.3 Å². The zero-order valence-electron chi connectivity index (χ0n) is 12.3. The molecule has 0 spiro atoms. The van der Waals surface area contributed by atoms with Crippen molar-refractivity contribution in [1.82, 2.24) is 0 Å². The fraction of sp³-hybridized carbons (Fsp3) is 0.294. The molecule has 2 aromatic carbocycles. The Morgan fingerprint density at radius 2 is 1.90 bits per heavy atom. The summed E-state index contributed by atoms with van der Waals surface area (Å²) in [7, 11) is 1.62. The van der Waals surface area contributed by atoms with E-state index in [1.807, 2.05) is 36.4 Å². The lowest BCUT2D eigenvalue weighted by Gasteiger charge is -2.24. The molecule has 0 atom stereocenters. The number of methoxy groups -OCH3 is 1. The third-order valence-electron chi connectivity index (χ3n) is 3.43. The fourth-order valence-electron chi connectivity index (χ4n) is 2.28. The van der Waals surface area contributed by atoms with Gasteiger partial charge in [-0.25, -0.2) is 0 Å². The molecule has 0 aliphatic rings. The van der Waals surface area contributed by atoms with E-state index in [-0.39, 0.29) is 6.61 Å². The molecule has 0 radical (unpaired) electrons. The second-order valence-electron chi connectivity index (χ2n) is 4.81. The number of anilines is 1. The lowest BCUT2D eigenvalue weighted by Crippen LogP contribution is -2.22. The number of hydrogen-bond acceptors (Lipinski definition) is 3. The van der Waals surface area contributed by atoms with Gasteiger partial charge in [-0.3, -0.25) is 0 Å². The van der Waals surface area contributed by atoms with E-state index >= 15 is 0 Å². The third kappa shape index (κ3) is 3.90. The second kappa shape index (κ2) is 7.34. The minimum atomic E-state index is 0.0642. The largest absolute Gasteiger partial charge is 0.495 e. The quantitative estimate of drug-likeness (QED) is 0.879. The summed E-state index contributed by atoms with van der Waals surface area (Å²) in [5.74, 6) is 0.678. The van der Waals surface area contributed by atoms with Crippen molar-refractivity contribution in [3.8, 4) is 5.75 Å². The monoisotopic (exact) mass is 305 g/mol. The average molecular weight is 306 g/mol. The van der Waals surface area contributed by atoms with Crippen LogP contribution >= 0.6 is 11.6 Å². The summed E-state index contributed by atoms with van der Waals surface area (Å²) in [5, 5.41) is 9.84. The van der Waals surface area contributed by atoms with Crippen LogP contribution in [0.5, 0.6) is 5.75 Å². The first-order valence-electron chi connectivity index (χ1n) is 6.95. The molecule has 0 saturated heterocycles. The molecule has 0 bridgehead atoms. The topological polar surface area (TPSA) is 32.7 Å². The average Bonchev–Trinajstić information content (AvgIpc) is 2.53. The maximum atomic E-state index is 9.22. The van der Waals surface area contributed by atoms with Crippen molar-refractivity contribution in [3.05, 3.63) is 58.6 Å². The predicted octanol–water partition coefficient (Wildman–Crippen LogP) is 3.87. The molecule has 112 valence electrons. The third-order valence-corrected chi connectivity index (χ3v) is 3.74. The highest BCUT2D eigenvalue weighted by molar-refractivity contribution is 6.32. The zero-order valence-corrected chi connectivity index (χ0v) is 13.1. The summed E-state index contributed by atoms with van der Waals surface area (Å²) < 4.78 is 5.28. The molecule has 0 aliphatic carbocycles. The molecule has 0 saturated carbocycles. The standard InChI is InChI=1S/C17H20ClNO2/c1-3-19(11-13-5-4-6-14(9-13)12-20)15-7-8-16(18)17(10-15)21-2/h4-10,20H,3,11-12H2,1-2H3. The van der Waals surface area contributed by atoms with Crippen molar-refractivity contribution in [1.29, 1.82) is 0 Å². The first-order valence-corrected chi connectivity index (χ1v) is 7.33. The van der Waals surface area contributed by atoms with Gasteiger partial charge in [0.15, 0.2) is 0 Å². The Morgan fingerprint density at radius 1 is 1.14 bits per heavy atom. The molecule has 1 N–H and O–H groups in total. The molecule has 0 amide bonds. The fourth-order valence-corrected chi connectivity index (χ4v) is 2.47. The van der Waals surface area contributed by atoms with Gasteiger partial charge in [-0.15, -0.1) is 0 Å². The van der Waals surface area contributed by atoms with Crippen LogP contribution in [0, 0.1) is 0 Å². The summed E-state index contributed by atoms with van der Waals surface area (Å²) in [6.45, 7) is 3.81. The smallest absolute Gasteiger partial charge is 0.139 e. The summed E-state index contributed by atoms with van der Waals surface area (Å²) in [5.41, 5.74) is 3.16. The maximum Gasteiger partial charge on any atom is 0.139 e. The SMILES string of the molecule is CCN(Cc1cccc(CO)c1)c1ccc(Cl)c(OC)c1. The van der Waals surface area contributed by atoms with Crippen LogP contribution in [0.25, 0.3) is 0 Å². The Morgan fingerprint density at radius 3 is 2.57 bits per heavy atom. The van der Waals surface area contributed by atoms with Gasteiger partial charge in [0, 0.05) is 24.8 Å². The Bertz CT molecular complexity index is 601. The van der Waals surface area contributed by atoms with Gasteiger partial charge in [0.2, 0.25) is 0 Å². The van der Waals surface area contributed by atoms with E-state index in [0.717, 1.165) is 29.9 Å². The Hall–Kier alpha value is -1.71. The van der Waals surface area contributed by atoms with Crippen LogP contribution in [0.2, 0.25) is 5.02 Å². The van der Waals surface area contributed by atoms with Crippen molar-refractivity contribution >= 4 is 17.3 Å². The van der Waals surface area contributed by atoms with Crippen molar-refractivity contribution in [2.75, 3.05) is 18.6 Å². The van der Waals surface area contributed by atoms with Crippen LogP contribution in [-0.2, 0) is 13.2 Å². The van der Waals surface area contributed by atoms with E-state index in [2.05, 4.69) is 17.9 Å². The van der Waals surface area contributed by atoms with Crippen LogP contribution in [0.15, 0.2) is 42.5 Å². The molecule has 4 heteroatoms. The van der Waals surface area contributed by atoms with E-state index in [1.54, 1.807) is 7.11 Å². The molecule has 3 nitrogen and oxygen atoms in total. The van der Waals surface area contributed by atoms with Gasteiger partial charge < -0.3 is 14.7 Å². The van der Waals surface area contributed by atoms with E-state index in [9.17, 15) is 5.11 Å². The van der Waals surface area contributed by atoms with Crippen LogP contribution in [0.1, 0.15) is 18.1 Å². The highest BCUT2D eigenvalue weighted by Gasteiger charge is 2.09. The van der Waals surface area contributed by atoms with Crippen LogP contribution in [-0.4, -0.2) is 18.8 Å². The molecule has 21 heavy (non-hydrogen) atoms. The molecule has 0 heterocycles. The number of aliphatic hydroxyl groups is 1. The van der Waals surface area contributed by atoms with Crippen LogP contribution in [0.4, 0.5) is 5.69 Å². The Balaban J connectivity index is 2.23. The van der Waals surface area contributed by atoms with Crippen molar-refractivity contribution in [3.63, 3.8) is 0 Å². The lowest BCUT2D eigenvalue weighted by atomic mass is 10.1. The zero-order chi connectivity index (χ0) is 15.2. The highest BCUT2D eigenvalue weighted by Crippen LogP contribution is 2.30. The predicted molar refractivity (Wildman–Crippen MR) is 87.1 cm³/mol. The van der Waals surface area contributed by atoms with Gasteiger partial charge in [0.1, 0.15) is 5.75 Å². The first kappa shape index (κ1) is 15.7. The van der Waals surface area contributed by atoms with Gasteiger partial charge >= 0.3 is 0 Å². The number of halogens is 1. The summed E-state index contributed by atoms with van der Waals surface area (Å²) >= 11 is 6.07. The van der Waals surface area contributed by atoms with Crippen molar-refractivity contribution < 1.29 is 9.84 Å². The number of ether oxygens (including phenoxy) is 1. The molecule has 0 aliphatic heterocycles. The molecule has 0 aromatic heterocycles. The minimum Gasteiger partial charge on any atom is -0.495 e. The molecular formula is C17H20ClNO2. The molecule has 0 fully saturated rings. The lowest BCUT2D eigenvalue weighted by molar-refractivity contribution is 0.281. The summed E-state index contributed by atoms with van der Waals surface area (Å²) in [4.78, 5) is 2.23. The molecule has 2 rings (SSSR count). The normalized spacial score (nSPS) is 10.5. The maximum absolute atomic E-state index is 9.22. The van der Waals surface area contributed by atoms with Crippen LogP contribution in [0.3, 0.4) is 0 Å². The number of rotatable bonds is 6. The molecule has 2 aromatic rings. The van der Waals surface area contributed by atoms with Crippen LogP contribution < -0.4 is 9.64 Å². The minimum absolute atomic E-state index is 0.0642. The van der Waals surface area contributed by atoms with Gasteiger partial charge in [-0.05, 0) is 30.2 Å². The van der Waals surface area contributed by atoms with Gasteiger partial charge in [-0.1, -0.05) is 35.9 Å². The van der Waals surface area contributed by atoms with Crippen molar-refractivity contribution in [2.45, 2.75) is 20.1 Å².